The third-order valence-corrected chi connectivity index (χ3v) is 7.30. The largest absolute Gasteiger partial charge is 0.356 e. The van der Waals surface area contributed by atoms with Crippen LogP contribution in [0.15, 0.2) is 24.5 Å². The van der Waals surface area contributed by atoms with E-state index in [0.717, 1.165) is 62.7 Å². The molecule has 1 fully saturated rings. The maximum atomic E-state index is 12.7. The molecule has 1 N–H and O–H groups in total. The number of aromatic nitrogens is 2. The zero-order chi connectivity index (χ0) is 21.8. The van der Waals surface area contributed by atoms with E-state index in [9.17, 15) is 9.59 Å². The quantitative estimate of drug-likeness (QED) is 0.744. The Hall–Kier alpha value is -2.48. The van der Waals surface area contributed by atoms with Crippen LogP contribution in [0.4, 0.5) is 5.13 Å². The minimum absolute atomic E-state index is 0.0266. The topological polar surface area (TPSA) is 78.4 Å². The van der Waals surface area contributed by atoms with Crippen molar-refractivity contribution in [1.29, 1.82) is 0 Å². The Balaban J connectivity index is 1.28. The summed E-state index contributed by atoms with van der Waals surface area (Å²) in [7, 11) is 0. The summed E-state index contributed by atoms with van der Waals surface area (Å²) in [5, 5.41) is 4.15. The van der Waals surface area contributed by atoms with Crippen molar-refractivity contribution in [3.05, 3.63) is 40.7 Å². The summed E-state index contributed by atoms with van der Waals surface area (Å²) in [6, 6.07) is 3.97. The summed E-state index contributed by atoms with van der Waals surface area (Å²) < 4.78 is 0. The maximum Gasteiger partial charge on any atom is 0.225 e. The molecule has 0 bridgehead atoms. The van der Waals surface area contributed by atoms with E-state index in [-0.39, 0.29) is 23.7 Å². The monoisotopic (exact) mass is 441 g/mol. The lowest BCUT2D eigenvalue weighted by Gasteiger charge is -2.35. The van der Waals surface area contributed by atoms with Crippen LogP contribution in [0.1, 0.15) is 36.4 Å². The summed E-state index contributed by atoms with van der Waals surface area (Å²) in [5.41, 5.74) is 2.34. The van der Waals surface area contributed by atoms with Gasteiger partial charge in [-0.1, -0.05) is 13.8 Å². The third kappa shape index (κ3) is 5.23. The second-order valence-corrected chi connectivity index (χ2v) is 9.73. The fourth-order valence-electron chi connectivity index (χ4n) is 4.23. The molecular formula is C23H31N5O2S. The number of thiazole rings is 1. The summed E-state index contributed by atoms with van der Waals surface area (Å²) in [4.78, 5) is 39.3. The van der Waals surface area contributed by atoms with Crippen molar-refractivity contribution in [3.63, 3.8) is 0 Å². The number of hydrogen-bond donors (Lipinski definition) is 1. The van der Waals surface area contributed by atoms with Crippen LogP contribution in [-0.4, -0.2) is 59.4 Å². The average molecular weight is 442 g/mol. The molecule has 0 saturated carbocycles. The number of amides is 2. The fraction of sp³-hybridized carbons (Fsp3) is 0.565. The second kappa shape index (κ2) is 9.77. The first-order valence-electron chi connectivity index (χ1n) is 11.2. The van der Waals surface area contributed by atoms with Crippen molar-refractivity contribution in [3.8, 4) is 0 Å². The molecule has 0 spiro atoms. The molecule has 0 radical (unpaired) electrons. The first-order chi connectivity index (χ1) is 15.0. The number of aryl methyl sites for hydroxylation is 1. The molecule has 4 rings (SSSR count). The zero-order valence-corrected chi connectivity index (χ0v) is 19.2. The highest BCUT2D eigenvalue weighted by Crippen LogP contribution is 2.34. The number of carbonyl (C=O) groups is 2. The normalized spacial score (nSPS) is 18.7. The van der Waals surface area contributed by atoms with Crippen LogP contribution in [0, 0.1) is 11.8 Å². The zero-order valence-electron chi connectivity index (χ0n) is 18.3. The van der Waals surface area contributed by atoms with Crippen LogP contribution in [0.3, 0.4) is 0 Å². The lowest BCUT2D eigenvalue weighted by Crippen LogP contribution is -2.49. The average Bonchev–Trinajstić information content (AvgIpc) is 3.22. The molecule has 1 atom stereocenters. The molecule has 2 aromatic rings. The molecule has 1 aliphatic heterocycles. The highest BCUT2D eigenvalue weighted by Gasteiger charge is 2.30. The molecule has 3 heterocycles. The summed E-state index contributed by atoms with van der Waals surface area (Å²) in [5.74, 6) is 0.455. The Labute approximate surface area is 187 Å². The van der Waals surface area contributed by atoms with Gasteiger partial charge in [-0.2, -0.15) is 0 Å². The van der Waals surface area contributed by atoms with E-state index in [1.807, 2.05) is 30.9 Å². The number of fused-ring (bicyclic) bond motifs is 1. The molecule has 166 valence electrons. The van der Waals surface area contributed by atoms with Gasteiger partial charge in [0.05, 0.1) is 5.69 Å². The minimum atomic E-state index is 0.0266. The van der Waals surface area contributed by atoms with Gasteiger partial charge in [0.15, 0.2) is 5.13 Å². The van der Waals surface area contributed by atoms with E-state index >= 15 is 0 Å². The Bertz CT molecular complexity index is 906. The number of hydrogen-bond acceptors (Lipinski definition) is 6. The second-order valence-electron chi connectivity index (χ2n) is 8.67. The lowest BCUT2D eigenvalue weighted by molar-refractivity contribution is -0.134. The summed E-state index contributed by atoms with van der Waals surface area (Å²) in [6.07, 6.45) is 6.88. The van der Waals surface area contributed by atoms with E-state index in [4.69, 9.17) is 4.98 Å². The van der Waals surface area contributed by atoms with Gasteiger partial charge in [0, 0.05) is 61.8 Å². The summed E-state index contributed by atoms with van der Waals surface area (Å²) >= 11 is 1.72. The van der Waals surface area contributed by atoms with Gasteiger partial charge >= 0.3 is 0 Å². The number of piperazine rings is 1. The first kappa shape index (κ1) is 21.7. The van der Waals surface area contributed by atoms with Crippen LogP contribution >= 0.6 is 11.3 Å². The van der Waals surface area contributed by atoms with Crippen molar-refractivity contribution in [2.24, 2.45) is 11.8 Å². The van der Waals surface area contributed by atoms with Crippen molar-refractivity contribution in [2.75, 3.05) is 37.6 Å². The summed E-state index contributed by atoms with van der Waals surface area (Å²) in [6.45, 7) is 7.71. The van der Waals surface area contributed by atoms with E-state index < -0.39 is 0 Å². The minimum Gasteiger partial charge on any atom is -0.356 e. The van der Waals surface area contributed by atoms with E-state index in [0.29, 0.717) is 6.54 Å². The molecule has 8 heteroatoms. The van der Waals surface area contributed by atoms with Gasteiger partial charge in [-0.3, -0.25) is 14.6 Å². The lowest BCUT2D eigenvalue weighted by atomic mass is 9.90. The number of carbonyl (C=O) groups excluding carboxylic acids is 2. The molecule has 0 aromatic carbocycles. The molecule has 2 aromatic heterocycles. The molecule has 2 amide bonds. The number of rotatable bonds is 6. The van der Waals surface area contributed by atoms with Crippen LogP contribution in [-0.2, 0) is 28.9 Å². The van der Waals surface area contributed by atoms with Crippen molar-refractivity contribution >= 4 is 28.3 Å². The van der Waals surface area contributed by atoms with Gasteiger partial charge in [0.2, 0.25) is 11.8 Å². The van der Waals surface area contributed by atoms with Gasteiger partial charge < -0.3 is 15.1 Å². The smallest absolute Gasteiger partial charge is 0.225 e. The highest BCUT2D eigenvalue weighted by molar-refractivity contribution is 7.15. The Morgan fingerprint density at radius 1 is 1.19 bits per heavy atom. The van der Waals surface area contributed by atoms with Crippen molar-refractivity contribution < 1.29 is 9.59 Å². The van der Waals surface area contributed by atoms with Gasteiger partial charge in [-0.15, -0.1) is 11.3 Å². The van der Waals surface area contributed by atoms with Crippen LogP contribution in [0.25, 0.3) is 0 Å². The molecule has 1 saturated heterocycles. The van der Waals surface area contributed by atoms with E-state index in [1.165, 1.54) is 10.4 Å². The first-order valence-corrected chi connectivity index (χ1v) is 12.0. The van der Waals surface area contributed by atoms with Crippen LogP contribution in [0.2, 0.25) is 0 Å². The van der Waals surface area contributed by atoms with Gasteiger partial charge in [0.25, 0.3) is 0 Å². The van der Waals surface area contributed by atoms with E-state index in [2.05, 4.69) is 15.2 Å². The van der Waals surface area contributed by atoms with Gasteiger partial charge in [-0.05, 0) is 43.4 Å². The van der Waals surface area contributed by atoms with Gasteiger partial charge in [-0.25, -0.2) is 4.98 Å². The molecule has 31 heavy (non-hydrogen) atoms. The standard InChI is InChI=1S/C23H31N5O2S/c1-16(2)22(30)27-11-13-28(14-12-27)23-26-19-4-3-18(15-20(19)31-23)21(29)25-10-7-17-5-8-24-9-6-17/h5-6,8-9,16,18H,3-4,7,10-15H2,1-2H3,(H,25,29). The highest BCUT2D eigenvalue weighted by atomic mass is 32.1. The van der Waals surface area contributed by atoms with Crippen LogP contribution in [0.5, 0.6) is 0 Å². The molecule has 1 unspecified atom stereocenters. The maximum absolute atomic E-state index is 12.7. The predicted molar refractivity (Wildman–Crippen MR) is 122 cm³/mol. The van der Waals surface area contributed by atoms with Crippen molar-refractivity contribution in [2.45, 2.75) is 39.5 Å². The Morgan fingerprint density at radius 2 is 1.94 bits per heavy atom. The number of nitrogens with one attached hydrogen (secondary N) is 1. The Morgan fingerprint density at radius 3 is 2.65 bits per heavy atom. The number of nitrogens with zero attached hydrogens (tertiary/aromatic N) is 4. The molecule has 2 aliphatic rings. The molecular weight excluding hydrogens is 410 g/mol. The molecule has 1 aliphatic carbocycles. The predicted octanol–water partition coefficient (Wildman–Crippen LogP) is 2.31. The number of anilines is 1. The van der Waals surface area contributed by atoms with Crippen LogP contribution < -0.4 is 10.2 Å². The molecule has 7 nitrogen and oxygen atoms in total. The number of pyridine rings is 1. The fourth-order valence-corrected chi connectivity index (χ4v) is 5.47. The van der Waals surface area contributed by atoms with Crippen molar-refractivity contribution in [1.82, 2.24) is 20.2 Å². The SMILES string of the molecule is CC(C)C(=O)N1CCN(c2nc3c(s2)CC(C(=O)NCCc2ccncc2)CC3)CC1. The van der Waals surface area contributed by atoms with Gasteiger partial charge in [0.1, 0.15) is 0 Å². The Kier molecular flexibility index (Phi) is 6.85. The third-order valence-electron chi connectivity index (χ3n) is 6.12. The van der Waals surface area contributed by atoms with E-state index in [1.54, 1.807) is 23.7 Å².